The number of halogens is 1. The molecule has 1 heterocycles. The predicted molar refractivity (Wildman–Crippen MR) is 132 cm³/mol. The molecule has 0 spiro atoms. The van der Waals surface area contributed by atoms with Crippen molar-refractivity contribution in [2.24, 2.45) is 0 Å². The summed E-state index contributed by atoms with van der Waals surface area (Å²) in [6.07, 6.45) is 3.59. The molecule has 0 saturated heterocycles. The molecule has 1 aromatic heterocycles. The van der Waals surface area contributed by atoms with E-state index in [1.807, 2.05) is 0 Å². The Kier molecular flexibility index (Phi) is 6.43. The topological polar surface area (TPSA) is 111 Å². The summed E-state index contributed by atoms with van der Waals surface area (Å²) < 4.78 is 61.5. The number of anilines is 1. The molecule has 1 aliphatic carbocycles. The Balaban J connectivity index is 2.01. The van der Waals surface area contributed by atoms with E-state index in [0.29, 0.717) is 21.5 Å². The fourth-order valence-electron chi connectivity index (χ4n) is 3.85. The molecule has 0 bridgehead atoms. The van der Waals surface area contributed by atoms with Gasteiger partial charge in [-0.2, -0.15) is 0 Å². The number of hydrogen-bond acceptors (Lipinski definition) is 7. The Hall–Kier alpha value is -2.56. The van der Waals surface area contributed by atoms with Gasteiger partial charge in [0, 0.05) is 28.3 Å². The lowest BCUT2D eigenvalue weighted by atomic mass is 10.0. The number of furan rings is 1. The van der Waals surface area contributed by atoms with E-state index in [1.54, 1.807) is 37.3 Å². The molecule has 0 aliphatic heterocycles. The van der Waals surface area contributed by atoms with Gasteiger partial charge in [0.25, 0.3) is 0 Å². The third-order valence-corrected chi connectivity index (χ3v) is 7.73. The number of carbonyl (C=O) groups is 1. The SMILES string of the molecule is CCOC(=O)c1c(-c2ccc(Cl)cc2)oc2cc(N(CS(C)(=O)=O)S(C)(=O)=O)c(C3CC3)cc12. The van der Waals surface area contributed by atoms with Crippen molar-refractivity contribution in [1.29, 1.82) is 0 Å². The molecular formula is C23H24ClNO7S2. The third-order valence-electron chi connectivity index (χ3n) is 5.46. The van der Waals surface area contributed by atoms with Crippen molar-refractivity contribution in [1.82, 2.24) is 0 Å². The zero-order valence-electron chi connectivity index (χ0n) is 18.9. The van der Waals surface area contributed by atoms with Crippen LogP contribution in [-0.2, 0) is 24.6 Å². The number of rotatable bonds is 8. The van der Waals surface area contributed by atoms with Crippen molar-refractivity contribution >= 4 is 54.1 Å². The highest BCUT2D eigenvalue weighted by Gasteiger charge is 2.34. The van der Waals surface area contributed by atoms with Crippen molar-refractivity contribution in [3.63, 3.8) is 0 Å². The molecule has 0 unspecified atom stereocenters. The average Bonchev–Trinajstić information content (AvgIpc) is 3.51. The van der Waals surface area contributed by atoms with Crippen LogP contribution in [0.2, 0.25) is 5.02 Å². The average molecular weight is 526 g/mol. The van der Waals surface area contributed by atoms with Crippen LogP contribution in [0.5, 0.6) is 0 Å². The van der Waals surface area contributed by atoms with Crippen LogP contribution in [0.25, 0.3) is 22.3 Å². The van der Waals surface area contributed by atoms with Crippen molar-refractivity contribution in [3.05, 3.63) is 52.5 Å². The first-order valence-corrected chi connectivity index (χ1v) is 14.9. The highest BCUT2D eigenvalue weighted by molar-refractivity contribution is 7.95. The molecule has 0 atom stereocenters. The second kappa shape index (κ2) is 8.90. The second-order valence-corrected chi connectivity index (χ2v) is 12.8. The van der Waals surface area contributed by atoms with Gasteiger partial charge < -0.3 is 9.15 Å². The minimum absolute atomic E-state index is 0.0483. The van der Waals surface area contributed by atoms with Crippen LogP contribution in [0.4, 0.5) is 5.69 Å². The number of benzene rings is 2. The van der Waals surface area contributed by atoms with Crippen LogP contribution >= 0.6 is 11.6 Å². The fraction of sp³-hybridized carbons (Fsp3) is 0.348. The molecule has 0 N–H and O–H groups in total. The number of ether oxygens (including phenoxy) is 1. The number of sulfone groups is 1. The Labute approximate surface area is 203 Å². The zero-order chi connectivity index (χ0) is 24.8. The van der Waals surface area contributed by atoms with Gasteiger partial charge in [-0.05, 0) is 61.6 Å². The highest BCUT2D eigenvalue weighted by Crippen LogP contribution is 2.48. The Morgan fingerprint density at radius 2 is 1.76 bits per heavy atom. The van der Waals surface area contributed by atoms with Crippen LogP contribution in [0, 0.1) is 0 Å². The third kappa shape index (κ3) is 5.08. The standard InChI is InChI=1S/C23H24ClNO7S2/c1-4-31-23(26)21-18-11-17(14-5-6-14)19(25(34(3,29)30)13-33(2,27)28)12-20(18)32-22(21)15-7-9-16(24)10-8-15/h7-12,14H,4-6,13H2,1-3H3. The largest absolute Gasteiger partial charge is 0.462 e. The highest BCUT2D eigenvalue weighted by atomic mass is 35.5. The maximum absolute atomic E-state index is 12.9. The summed E-state index contributed by atoms with van der Waals surface area (Å²) in [5, 5.41) is 0.988. The normalized spacial score (nSPS) is 14.4. The summed E-state index contributed by atoms with van der Waals surface area (Å²) in [7, 11) is -7.60. The van der Waals surface area contributed by atoms with E-state index in [9.17, 15) is 21.6 Å². The Bertz CT molecular complexity index is 1470. The summed E-state index contributed by atoms with van der Waals surface area (Å²) >= 11 is 6.01. The summed E-state index contributed by atoms with van der Waals surface area (Å²) in [6.45, 7) is 1.86. The molecule has 1 aliphatic rings. The molecule has 3 aromatic rings. The van der Waals surface area contributed by atoms with E-state index in [0.717, 1.165) is 29.7 Å². The number of carbonyl (C=O) groups excluding carboxylic acids is 1. The maximum atomic E-state index is 12.9. The van der Waals surface area contributed by atoms with Gasteiger partial charge >= 0.3 is 5.97 Å². The van der Waals surface area contributed by atoms with Crippen molar-refractivity contribution in [2.75, 3.05) is 29.3 Å². The van der Waals surface area contributed by atoms with Gasteiger partial charge in [0.2, 0.25) is 10.0 Å². The molecule has 8 nitrogen and oxygen atoms in total. The predicted octanol–water partition coefficient (Wildman–Crippen LogP) is 4.58. The van der Waals surface area contributed by atoms with Gasteiger partial charge in [-0.3, -0.25) is 4.31 Å². The molecule has 2 aromatic carbocycles. The lowest BCUT2D eigenvalue weighted by molar-refractivity contribution is 0.0528. The quantitative estimate of drug-likeness (QED) is 0.396. The zero-order valence-corrected chi connectivity index (χ0v) is 21.3. The molecule has 0 amide bonds. The van der Waals surface area contributed by atoms with Crippen LogP contribution in [0.1, 0.15) is 41.6 Å². The summed E-state index contributed by atoms with van der Waals surface area (Å²) in [5.74, 6) is -0.964. The Morgan fingerprint density at radius 3 is 2.29 bits per heavy atom. The number of fused-ring (bicyclic) bond motifs is 1. The molecule has 11 heteroatoms. The lowest BCUT2D eigenvalue weighted by Gasteiger charge is -2.24. The number of hydrogen-bond donors (Lipinski definition) is 0. The molecule has 1 fully saturated rings. The van der Waals surface area contributed by atoms with Crippen molar-refractivity contribution < 1.29 is 30.8 Å². The maximum Gasteiger partial charge on any atom is 0.342 e. The molecule has 182 valence electrons. The monoisotopic (exact) mass is 525 g/mol. The molecule has 1 saturated carbocycles. The fourth-order valence-corrected chi connectivity index (χ4v) is 6.40. The van der Waals surface area contributed by atoms with E-state index in [1.165, 1.54) is 6.07 Å². The van der Waals surface area contributed by atoms with Gasteiger partial charge in [0.1, 0.15) is 22.8 Å². The van der Waals surface area contributed by atoms with Crippen LogP contribution in [0.3, 0.4) is 0 Å². The first kappa shape index (κ1) is 24.6. The van der Waals surface area contributed by atoms with Gasteiger partial charge in [0.05, 0.1) is 18.6 Å². The number of nitrogens with zero attached hydrogens (tertiary/aromatic N) is 1. The first-order chi connectivity index (χ1) is 15.9. The Morgan fingerprint density at radius 1 is 1.12 bits per heavy atom. The molecule has 34 heavy (non-hydrogen) atoms. The minimum atomic E-state index is -3.93. The van der Waals surface area contributed by atoms with Crippen LogP contribution < -0.4 is 4.31 Å². The molecule has 0 radical (unpaired) electrons. The smallest absolute Gasteiger partial charge is 0.342 e. The van der Waals surface area contributed by atoms with Gasteiger partial charge in [-0.25, -0.2) is 21.6 Å². The summed E-state index contributed by atoms with van der Waals surface area (Å²) in [6, 6.07) is 9.96. The van der Waals surface area contributed by atoms with Crippen molar-refractivity contribution in [3.8, 4) is 11.3 Å². The van der Waals surface area contributed by atoms with E-state index >= 15 is 0 Å². The molecule has 4 rings (SSSR count). The van der Waals surface area contributed by atoms with E-state index in [2.05, 4.69) is 0 Å². The number of esters is 1. The van der Waals surface area contributed by atoms with Crippen molar-refractivity contribution in [2.45, 2.75) is 25.7 Å². The number of sulfonamides is 1. The second-order valence-electron chi connectivity index (χ2n) is 8.38. The van der Waals surface area contributed by atoms with Gasteiger partial charge in [-0.1, -0.05) is 11.6 Å². The first-order valence-electron chi connectivity index (χ1n) is 10.6. The van der Waals surface area contributed by atoms with E-state index < -0.39 is 31.7 Å². The summed E-state index contributed by atoms with van der Waals surface area (Å²) in [5.41, 5.74) is 1.94. The molecular weight excluding hydrogens is 502 g/mol. The summed E-state index contributed by atoms with van der Waals surface area (Å²) in [4.78, 5) is 12.9. The van der Waals surface area contributed by atoms with Gasteiger partial charge in [-0.15, -0.1) is 0 Å². The lowest BCUT2D eigenvalue weighted by Crippen LogP contribution is -2.35. The van der Waals surface area contributed by atoms with Gasteiger partial charge in [0.15, 0.2) is 9.84 Å². The van der Waals surface area contributed by atoms with E-state index in [-0.39, 0.29) is 35.1 Å². The van der Waals surface area contributed by atoms with Crippen LogP contribution in [0.15, 0.2) is 40.8 Å². The van der Waals surface area contributed by atoms with Crippen LogP contribution in [-0.4, -0.2) is 47.8 Å². The minimum Gasteiger partial charge on any atom is -0.462 e. The van der Waals surface area contributed by atoms with E-state index in [4.69, 9.17) is 20.8 Å².